The Bertz CT molecular complexity index is 1690. The summed E-state index contributed by atoms with van der Waals surface area (Å²) in [5.74, 6) is -1.43. The second-order valence-corrected chi connectivity index (χ2v) is 8.70. The maximum absolute atomic E-state index is 14.6. The van der Waals surface area contributed by atoms with Gasteiger partial charge in [0.25, 0.3) is 6.43 Å². The van der Waals surface area contributed by atoms with Crippen molar-refractivity contribution in [1.82, 2.24) is 19.9 Å². The smallest absolute Gasteiger partial charge is 0.338 e. The number of benzene rings is 2. The van der Waals surface area contributed by atoms with E-state index in [4.69, 9.17) is 10.5 Å². The molecule has 5 N–H and O–H groups in total. The number of halogens is 3. The molecule has 0 aliphatic heterocycles. The number of nitrogens with two attached hydrogens (primary N) is 1. The van der Waals surface area contributed by atoms with Crippen LogP contribution in [0.5, 0.6) is 5.75 Å². The van der Waals surface area contributed by atoms with Crippen molar-refractivity contribution in [2.45, 2.75) is 13.0 Å². The van der Waals surface area contributed by atoms with E-state index in [9.17, 15) is 23.1 Å². The van der Waals surface area contributed by atoms with E-state index in [1.54, 1.807) is 24.4 Å². The van der Waals surface area contributed by atoms with Gasteiger partial charge in [-0.3, -0.25) is 4.98 Å². The number of aromatic carboxylic acids is 1. The number of hydrogen-bond acceptors (Lipinski definition) is 7. The number of hydrogen-bond donors (Lipinski definition) is 4. The molecular weight excluding hydrogens is 525 g/mol. The topological polar surface area (TPSA) is 139 Å². The zero-order valence-electron chi connectivity index (χ0n) is 20.9. The molecule has 0 atom stereocenters. The number of pyridine rings is 2. The molecule has 0 saturated carbocycles. The molecule has 3 aromatic heterocycles. The first kappa shape index (κ1) is 26.6. The molecule has 40 heavy (non-hydrogen) atoms. The van der Waals surface area contributed by atoms with Crippen LogP contribution >= 0.6 is 0 Å². The van der Waals surface area contributed by atoms with E-state index in [0.717, 1.165) is 11.5 Å². The summed E-state index contributed by atoms with van der Waals surface area (Å²) >= 11 is 0. The van der Waals surface area contributed by atoms with Crippen LogP contribution in [-0.4, -0.2) is 44.2 Å². The average molecular weight is 549 g/mol. The van der Waals surface area contributed by atoms with Crippen LogP contribution in [0.4, 0.5) is 18.9 Å². The highest BCUT2D eigenvalue weighted by molar-refractivity contribution is 5.89. The molecule has 2 aromatic carbocycles. The first-order valence-electron chi connectivity index (χ1n) is 12.2. The van der Waals surface area contributed by atoms with Gasteiger partial charge in [0.1, 0.15) is 23.9 Å². The molecule has 0 aliphatic rings. The number of alkyl halides is 2. The van der Waals surface area contributed by atoms with Crippen molar-refractivity contribution in [3.8, 4) is 28.4 Å². The van der Waals surface area contributed by atoms with Gasteiger partial charge in [-0.2, -0.15) is 0 Å². The number of H-pyrrole nitrogens is 1. The Morgan fingerprint density at radius 3 is 2.70 bits per heavy atom. The summed E-state index contributed by atoms with van der Waals surface area (Å²) in [6.45, 7) is 0.656. The fourth-order valence-electron chi connectivity index (χ4n) is 4.14. The van der Waals surface area contributed by atoms with Gasteiger partial charge in [0.2, 0.25) is 0 Å². The van der Waals surface area contributed by atoms with Crippen LogP contribution in [0.15, 0.2) is 66.9 Å². The number of ether oxygens (including phenoxy) is 1. The third-order valence-electron chi connectivity index (χ3n) is 5.99. The van der Waals surface area contributed by atoms with Crippen molar-refractivity contribution in [2.24, 2.45) is 5.73 Å². The summed E-state index contributed by atoms with van der Waals surface area (Å²) in [4.78, 5) is 27.6. The lowest BCUT2D eigenvalue weighted by atomic mass is 10.1. The third-order valence-corrected chi connectivity index (χ3v) is 5.99. The average Bonchev–Trinajstić information content (AvgIpc) is 3.39. The molecule has 0 aliphatic carbocycles. The normalized spacial score (nSPS) is 11.2. The van der Waals surface area contributed by atoms with Gasteiger partial charge in [-0.15, -0.1) is 0 Å². The van der Waals surface area contributed by atoms with E-state index in [2.05, 4.69) is 25.3 Å². The number of fused-ring (bicyclic) bond motifs is 1. The second kappa shape index (κ2) is 11.4. The molecule has 9 nitrogen and oxygen atoms in total. The van der Waals surface area contributed by atoms with Crippen molar-refractivity contribution >= 4 is 22.6 Å². The van der Waals surface area contributed by atoms with E-state index in [1.807, 2.05) is 12.1 Å². The summed E-state index contributed by atoms with van der Waals surface area (Å²) in [6.07, 6.45) is -1.17. The molecule has 0 fully saturated rings. The fraction of sp³-hybridized carbons (Fsp3) is 0.143. The van der Waals surface area contributed by atoms with Crippen LogP contribution < -0.4 is 15.8 Å². The molecule has 5 aromatic rings. The van der Waals surface area contributed by atoms with Crippen molar-refractivity contribution in [2.75, 3.05) is 18.5 Å². The Morgan fingerprint density at radius 1 is 1.10 bits per heavy atom. The molecule has 0 amide bonds. The van der Waals surface area contributed by atoms with E-state index in [1.165, 1.54) is 24.3 Å². The van der Waals surface area contributed by atoms with Crippen LogP contribution in [0, 0.1) is 5.82 Å². The largest absolute Gasteiger partial charge is 0.491 e. The molecule has 0 unspecified atom stereocenters. The summed E-state index contributed by atoms with van der Waals surface area (Å²) in [5.41, 5.74) is 7.01. The standard InChI is InChI=1S/C28H23F3N6O3/c29-24-18(28(38)39)3-1-4-20(24)34-14-23-36-25(26(37-23)21-5-2-6-22(35-21)27(30)31)15-7-8-19-16(11-15)12-17(13-33-19)40-10-9-32/h1-8,11-13,27,34H,9-10,14,32H2,(H,36,37)(H,38,39). The lowest BCUT2D eigenvalue weighted by molar-refractivity contribution is 0.0692. The Morgan fingerprint density at radius 2 is 1.93 bits per heavy atom. The predicted octanol–water partition coefficient (Wildman–Crippen LogP) is 5.41. The Kier molecular flexibility index (Phi) is 7.60. The first-order chi connectivity index (χ1) is 19.3. The van der Waals surface area contributed by atoms with Crippen LogP contribution in [0.1, 0.15) is 28.3 Å². The number of carbonyl (C=O) groups is 1. The number of carboxylic acid groups (broad SMARTS) is 1. The summed E-state index contributed by atoms with van der Waals surface area (Å²) < 4.78 is 47.1. The van der Waals surface area contributed by atoms with E-state index >= 15 is 0 Å². The monoisotopic (exact) mass is 548 g/mol. The lowest BCUT2D eigenvalue weighted by Crippen LogP contribution is -2.10. The van der Waals surface area contributed by atoms with Crippen molar-refractivity contribution in [3.05, 3.63) is 89.8 Å². The zero-order chi connectivity index (χ0) is 28.2. The fourth-order valence-corrected chi connectivity index (χ4v) is 4.14. The van der Waals surface area contributed by atoms with Gasteiger partial charge < -0.3 is 25.9 Å². The molecule has 204 valence electrons. The minimum absolute atomic E-state index is 0.0201. The zero-order valence-corrected chi connectivity index (χ0v) is 20.9. The molecule has 5 rings (SSSR count). The Balaban J connectivity index is 1.55. The van der Waals surface area contributed by atoms with Gasteiger partial charge in [0, 0.05) is 17.5 Å². The van der Waals surface area contributed by atoms with Crippen LogP contribution in [-0.2, 0) is 6.54 Å². The number of aromatic nitrogens is 4. The summed E-state index contributed by atoms with van der Waals surface area (Å²) in [7, 11) is 0. The summed E-state index contributed by atoms with van der Waals surface area (Å²) in [6, 6.07) is 15.5. The van der Waals surface area contributed by atoms with Gasteiger partial charge in [0.05, 0.1) is 46.6 Å². The highest BCUT2D eigenvalue weighted by Gasteiger charge is 2.19. The molecule has 3 heterocycles. The maximum Gasteiger partial charge on any atom is 0.338 e. The minimum Gasteiger partial charge on any atom is -0.491 e. The number of nitrogens with zero attached hydrogens (tertiary/aromatic N) is 3. The number of carboxylic acids is 1. The Hall–Kier alpha value is -4.97. The quantitative estimate of drug-likeness (QED) is 0.182. The Labute approximate surface area is 225 Å². The molecule has 0 spiro atoms. The van der Waals surface area contributed by atoms with Crippen molar-refractivity contribution in [1.29, 1.82) is 0 Å². The SMILES string of the molecule is NCCOc1cnc2ccc(-c3nc(CNc4cccc(C(=O)O)c4F)[nH]c3-c3cccc(C(F)F)n3)cc2c1. The number of imidazole rings is 1. The van der Waals surface area contributed by atoms with Crippen molar-refractivity contribution < 1.29 is 27.8 Å². The van der Waals surface area contributed by atoms with E-state index < -0.39 is 29.5 Å². The van der Waals surface area contributed by atoms with Crippen molar-refractivity contribution in [3.63, 3.8) is 0 Å². The lowest BCUT2D eigenvalue weighted by Gasteiger charge is -2.08. The van der Waals surface area contributed by atoms with Gasteiger partial charge in [-0.1, -0.05) is 18.2 Å². The number of aromatic amines is 1. The highest BCUT2D eigenvalue weighted by Crippen LogP contribution is 2.33. The predicted molar refractivity (Wildman–Crippen MR) is 143 cm³/mol. The maximum atomic E-state index is 14.6. The van der Waals surface area contributed by atoms with Crippen LogP contribution in [0.3, 0.4) is 0 Å². The molecule has 12 heteroatoms. The number of rotatable bonds is 10. The van der Waals surface area contributed by atoms with Gasteiger partial charge >= 0.3 is 5.97 Å². The van der Waals surface area contributed by atoms with E-state index in [-0.39, 0.29) is 17.9 Å². The molecular formula is C28H23F3N6O3. The van der Waals surface area contributed by atoms with Gasteiger partial charge in [0.15, 0.2) is 5.82 Å². The number of nitrogens with one attached hydrogen (secondary N) is 2. The first-order valence-corrected chi connectivity index (χ1v) is 12.2. The molecule has 0 radical (unpaired) electrons. The summed E-state index contributed by atoms with van der Waals surface area (Å²) in [5, 5.41) is 12.8. The highest BCUT2D eigenvalue weighted by atomic mass is 19.3. The second-order valence-electron chi connectivity index (χ2n) is 8.70. The third kappa shape index (κ3) is 5.57. The number of anilines is 1. The minimum atomic E-state index is -2.77. The molecule has 0 saturated heterocycles. The van der Waals surface area contributed by atoms with Gasteiger partial charge in [-0.25, -0.2) is 27.9 Å². The van der Waals surface area contributed by atoms with E-state index in [0.29, 0.717) is 47.2 Å². The molecule has 0 bridgehead atoms. The van der Waals surface area contributed by atoms with Gasteiger partial charge in [-0.05, 0) is 42.5 Å². The van der Waals surface area contributed by atoms with Crippen LogP contribution in [0.25, 0.3) is 33.5 Å². The van der Waals surface area contributed by atoms with Crippen LogP contribution in [0.2, 0.25) is 0 Å².